The Morgan fingerprint density at radius 2 is 1.77 bits per heavy atom. The minimum absolute atomic E-state index is 0.320. The summed E-state index contributed by atoms with van der Waals surface area (Å²) in [6.07, 6.45) is 0. The van der Waals surface area contributed by atoms with Crippen LogP contribution < -0.4 is 11.1 Å². The molecule has 76 valence electrons. The normalized spacial score (nSPS) is 25.8. The molecule has 0 heterocycles. The number of nitrogens with one attached hydrogen (secondary N) is 1. The van der Waals surface area contributed by atoms with Crippen LogP contribution in [0.5, 0.6) is 0 Å². The van der Waals surface area contributed by atoms with Crippen molar-refractivity contribution in [3.63, 3.8) is 0 Å². The van der Waals surface area contributed by atoms with Crippen molar-refractivity contribution >= 4 is 5.96 Å². The predicted octanol–water partition coefficient (Wildman–Crippen LogP) is 1.35. The highest BCUT2D eigenvalue weighted by Gasteiger charge is 2.65. The number of hydrogen-bond acceptors (Lipinski definition) is 1. The lowest BCUT2D eigenvalue weighted by Crippen LogP contribution is -2.36. The lowest BCUT2D eigenvalue weighted by molar-refractivity contribution is 0.457. The van der Waals surface area contributed by atoms with Gasteiger partial charge in [0.15, 0.2) is 5.96 Å². The van der Waals surface area contributed by atoms with Crippen LogP contribution in [0.1, 0.15) is 34.6 Å². The minimum atomic E-state index is 0.320. The molecule has 0 aromatic rings. The van der Waals surface area contributed by atoms with Gasteiger partial charge in [-0.25, -0.2) is 0 Å². The maximum Gasteiger partial charge on any atom is 0.188 e. The molecular formula is C10H21N3. The van der Waals surface area contributed by atoms with Gasteiger partial charge in [-0.05, 0) is 17.8 Å². The number of aliphatic imine (C=N–C) groups is 1. The molecule has 3 N–H and O–H groups in total. The molecule has 0 aromatic heterocycles. The van der Waals surface area contributed by atoms with E-state index in [0.29, 0.717) is 22.8 Å². The Labute approximate surface area is 80.8 Å². The molecular weight excluding hydrogens is 162 g/mol. The second-order valence-corrected chi connectivity index (χ2v) is 4.88. The van der Waals surface area contributed by atoms with E-state index in [0.717, 1.165) is 6.54 Å². The van der Waals surface area contributed by atoms with Gasteiger partial charge in [-0.15, -0.1) is 0 Å². The predicted molar refractivity (Wildman–Crippen MR) is 56.6 cm³/mol. The fourth-order valence-electron chi connectivity index (χ4n) is 1.92. The van der Waals surface area contributed by atoms with E-state index in [4.69, 9.17) is 5.73 Å². The first-order valence-corrected chi connectivity index (χ1v) is 4.90. The van der Waals surface area contributed by atoms with E-state index < -0.39 is 0 Å². The van der Waals surface area contributed by atoms with Crippen LogP contribution in [0, 0.1) is 10.8 Å². The van der Waals surface area contributed by atoms with E-state index in [1.165, 1.54) is 0 Å². The monoisotopic (exact) mass is 183 g/mol. The fraction of sp³-hybridized carbons (Fsp3) is 0.900. The summed E-state index contributed by atoms with van der Waals surface area (Å²) in [5.74, 6) is 0.575. The van der Waals surface area contributed by atoms with Crippen LogP contribution in [0.25, 0.3) is 0 Å². The van der Waals surface area contributed by atoms with Gasteiger partial charge in [0.05, 0.1) is 0 Å². The lowest BCUT2D eigenvalue weighted by atomic mass is 10.0. The average molecular weight is 183 g/mol. The molecule has 13 heavy (non-hydrogen) atoms. The van der Waals surface area contributed by atoms with Gasteiger partial charge >= 0.3 is 0 Å². The molecule has 1 fully saturated rings. The summed E-state index contributed by atoms with van der Waals surface area (Å²) < 4.78 is 0. The van der Waals surface area contributed by atoms with E-state index in [-0.39, 0.29) is 0 Å². The van der Waals surface area contributed by atoms with Crippen LogP contribution in [0.2, 0.25) is 0 Å². The quantitative estimate of drug-likeness (QED) is 0.501. The van der Waals surface area contributed by atoms with Gasteiger partial charge in [0, 0.05) is 12.6 Å². The van der Waals surface area contributed by atoms with Gasteiger partial charge in [0.25, 0.3) is 0 Å². The van der Waals surface area contributed by atoms with E-state index >= 15 is 0 Å². The number of nitrogens with two attached hydrogens (primary N) is 1. The molecule has 1 saturated carbocycles. The summed E-state index contributed by atoms with van der Waals surface area (Å²) in [5.41, 5.74) is 6.35. The largest absolute Gasteiger partial charge is 0.370 e. The van der Waals surface area contributed by atoms with Crippen molar-refractivity contribution in [2.24, 2.45) is 21.6 Å². The van der Waals surface area contributed by atoms with Crippen molar-refractivity contribution in [3.8, 4) is 0 Å². The molecule has 0 spiro atoms. The first-order valence-electron chi connectivity index (χ1n) is 4.90. The zero-order chi connectivity index (χ0) is 10.3. The summed E-state index contributed by atoms with van der Waals surface area (Å²) in [6.45, 7) is 11.7. The zero-order valence-corrected chi connectivity index (χ0v) is 9.31. The van der Waals surface area contributed by atoms with E-state index in [2.05, 4.69) is 38.0 Å². The summed E-state index contributed by atoms with van der Waals surface area (Å²) >= 11 is 0. The van der Waals surface area contributed by atoms with Gasteiger partial charge in [-0.1, -0.05) is 27.7 Å². The molecule has 0 atom stereocenters. The van der Waals surface area contributed by atoms with Crippen LogP contribution in [0.3, 0.4) is 0 Å². The van der Waals surface area contributed by atoms with Crippen LogP contribution >= 0.6 is 0 Å². The topological polar surface area (TPSA) is 50.4 Å². The molecule has 1 aliphatic carbocycles. The van der Waals surface area contributed by atoms with Crippen LogP contribution in [0.15, 0.2) is 4.99 Å². The average Bonchev–Trinajstić information content (AvgIpc) is 2.33. The molecule has 0 bridgehead atoms. The Kier molecular flexibility index (Phi) is 2.30. The maximum atomic E-state index is 5.71. The van der Waals surface area contributed by atoms with Crippen LogP contribution in [-0.2, 0) is 0 Å². The Bertz CT molecular complexity index is 214. The first kappa shape index (κ1) is 10.4. The molecule has 1 aliphatic rings. The number of rotatable bonds is 2. The first-order chi connectivity index (χ1) is 5.84. The van der Waals surface area contributed by atoms with Gasteiger partial charge in [-0.3, -0.25) is 4.99 Å². The number of hydrogen-bond donors (Lipinski definition) is 2. The SMILES string of the molecule is CCN=C(N)NC1C(C)(C)C1(C)C. The Morgan fingerprint density at radius 1 is 1.31 bits per heavy atom. The third kappa shape index (κ3) is 1.52. The van der Waals surface area contributed by atoms with E-state index in [1.54, 1.807) is 0 Å². The summed E-state index contributed by atoms with van der Waals surface area (Å²) in [6, 6.07) is 0.454. The summed E-state index contributed by atoms with van der Waals surface area (Å²) in [5, 5.41) is 3.26. The Balaban J connectivity index is 2.56. The second-order valence-electron chi connectivity index (χ2n) is 4.88. The third-order valence-corrected chi connectivity index (χ3v) is 3.64. The molecule has 0 radical (unpaired) electrons. The third-order valence-electron chi connectivity index (χ3n) is 3.64. The molecule has 0 saturated heterocycles. The van der Waals surface area contributed by atoms with Gasteiger partial charge in [-0.2, -0.15) is 0 Å². The Hall–Kier alpha value is -0.730. The Morgan fingerprint density at radius 3 is 2.08 bits per heavy atom. The number of nitrogens with zero attached hydrogens (tertiary/aromatic N) is 1. The fourth-order valence-corrected chi connectivity index (χ4v) is 1.92. The molecule has 3 nitrogen and oxygen atoms in total. The van der Waals surface area contributed by atoms with Gasteiger partial charge in [0.1, 0.15) is 0 Å². The summed E-state index contributed by atoms with van der Waals surface area (Å²) in [7, 11) is 0. The van der Waals surface area contributed by atoms with Crippen molar-refractivity contribution in [2.75, 3.05) is 6.54 Å². The van der Waals surface area contributed by atoms with Crippen LogP contribution in [0.4, 0.5) is 0 Å². The highest BCUT2D eigenvalue weighted by atomic mass is 15.2. The second kappa shape index (κ2) is 2.89. The van der Waals surface area contributed by atoms with E-state index in [9.17, 15) is 0 Å². The highest BCUT2D eigenvalue weighted by molar-refractivity contribution is 5.78. The van der Waals surface area contributed by atoms with Gasteiger partial charge < -0.3 is 11.1 Å². The van der Waals surface area contributed by atoms with Crippen molar-refractivity contribution in [1.29, 1.82) is 0 Å². The minimum Gasteiger partial charge on any atom is -0.370 e. The van der Waals surface area contributed by atoms with Crippen molar-refractivity contribution in [2.45, 2.75) is 40.7 Å². The molecule has 0 amide bonds. The molecule has 0 aromatic carbocycles. The van der Waals surface area contributed by atoms with Crippen molar-refractivity contribution < 1.29 is 0 Å². The highest BCUT2D eigenvalue weighted by Crippen LogP contribution is 2.62. The molecule has 0 unspecified atom stereocenters. The van der Waals surface area contributed by atoms with Crippen molar-refractivity contribution in [3.05, 3.63) is 0 Å². The lowest BCUT2D eigenvalue weighted by Gasteiger charge is -2.06. The smallest absolute Gasteiger partial charge is 0.188 e. The van der Waals surface area contributed by atoms with E-state index in [1.807, 2.05) is 6.92 Å². The maximum absolute atomic E-state index is 5.71. The molecule has 3 heteroatoms. The standard InChI is InChI=1S/C10H21N3/c1-6-12-8(11)13-7-9(2,3)10(7,4)5/h7H,6H2,1-5H3,(H3,11,12,13). The van der Waals surface area contributed by atoms with Gasteiger partial charge in [0.2, 0.25) is 0 Å². The number of guanidine groups is 1. The molecule has 0 aliphatic heterocycles. The van der Waals surface area contributed by atoms with Crippen LogP contribution in [-0.4, -0.2) is 18.5 Å². The molecule has 1 rings (SSSR count). The van der Waals surface area contributed by atoms with Crippen molar-refractivity contribution in [1.82, 2.24) is 5.32 Å². The summed E-state index contributed by atoms with van der Waals surface area (Å²) in [4.78, 5) is 4.12. The zero-order valence-electron chi connectivity index (χ0n) is 9.31.